The second kappa shape index (κ2) is 5.12. The minimum absolute atomic E-state index is 0.227. The van der Waals surface area contributed by atoms with Crippen LogP contribution in [0.5, 0.6) is 5.75 Å². The van der Waals surface area contributed by atoms with E-state index in [1.165, 1.54) is 18.4 Å². The van der Waals surface area contributed by atoms with Crippen molar-refractivity contribution in [1.82, 2.24) is 5.01 Å². The van der Waals surface area contributed by atoms with Crippen molar-refractivity contribution >= 4 is 21.6 Å². The van der Waals surface area contributed by atoms with E-state index in [1.807, 2.05) is 19.1 Å². The molecule has 0 saturated heterocycles. The summed E-state index contributed by atoms with van der Waals surface area (Å²) in [5.41, 5.74) is 1.95. The summed E-state index contributed by atoms with van der Waals surface area (Å²) in [4.78, 5) is 0. The summed E-state index contributed by atoms with van der Waals surface area (Å²) in [7, 11) is 0. The average molecular weight is 387 g/mol. The molecular weight excluding hydrogens is 368 g/mol. The van der Waals surface area contributed by atoms with Crippen LogP contribution in [0.1, 0.15) is 55.2 Å². The van der Waals surface area contributed by atoms with Gasteiger partial charge in [-0.15, -0.1) is 0 Å². The fourth-order valence-corrected chi connectivity index (χ4v) is 4.63. The predicted molar refractivity (Wildman–Crippen MR) is 95.1 cm³/mol. The predicted octanol–water partition coefficient (Wildman–Crippen LogP) is 5.16. The summed E-state index contributed by atoms with van der Waals surface area (Å²) < 4.78 is 13.4. The van der Waals surface area contributed by atoms with Crippen LogP contribution in [0.15, 0.2) is 44.3 Å². The van der Waals surface area contributed by atoms with Crippen LogP contribution < -0.4 is 4.74 Å². The highest BCUT2D eigenvalue weighted by atomic mass is 79.9. The molecule has 0 amide bonds. The lowest BCUT2D eigenvalue weighted by atomic mass is 9.95. The number of hydrogen-bond donors (Lipinski definition) is 0. The Morgan fingerprint density at radius 1 is 1.21 bits per heavy atom. The first-order valence-electron chi connectivity index (χ1n) is 8.57. The molecule has 1 atom stereocenters. The third-order valence-corrected chi connectivity index (χ3v) is 5.86. The van der Waals surface area contributed by atoms with Crippen LogP contribution in [-0.4, -0.2) is 16.4 Å². The first-order valence-corrected chi connectivity index (χ1v) is 9.36. The standard InChI is InChI=1S/C19H19BrN2O2/c1-12-4-6-18(23-12)15-11-16-14-10-13(20)5-7-17(14)24-19(22(16)21-15)8-2-3-9-19/h4-7,10,16H,2-3,8-9,11H2,1H3/t16-/m0/s1. The lowest BCUT2D eigenvalue weighted by Gasteiger charge is -2.45. The van der Waals surface area contributed by atoms with Crippen LogP contribution in [0, 0.1) is 6.92 Å². The zero-order valence-electron chi connectivity index (χ0n) is 13.6. The molecule has 0 unspecified atom stereocenters. The van der Waals surface area contributed by atoms with Gasteiger partial charge in [0.1, 0.15) is 23.0 Å². The number of hydrazone groups is 1. The van der Waals surface area contributed by atoms with Crippen LogP contribution in [-0.2, 0) is 0 Å². The minimum atomic E-state index is -0.283. The Morgan fingerprint density at radius 2 is 2.04 bits per heavy atom. The Kier molecular flexibility index (Phi) is 3.11. The second-order valence-corrected chi connectivity index (χ2v) is 7.87. The zero-order chi connectivity index (χ0) is 16.3. The van der Waals surface area contributed by atoms with E-state index < -0.39 is 0 Å². The summed E-state index contributed by atoms with van der Waals surface area (Å²) in [5.74, 6) is 2.81. The SMILES string of the molecule is Cc1ccc(C2=NN3[C@@H](C2)c2cc(Br)ccc2OC32CCCC2)o1. The Morgan fingerprint density at radius 3 is 2.79 bits per heavy atom. The van der Waals surface area contributed by atoms with Gasteiger partial charge in [-0.1, -0.05) is 15.9 Å². The maximum Gasteiger partial charge on any atom is 0.198 e. The van der Waals surface area contributed by atoms with Gasteiger partial charge < -0.3 is 9.15 Å². The fraction of sp³-hybridized carbons (Fsp3) is 0.421. The van der Waals surface area contributed by atoms with E-state index in [-0.39, 0.29) is 11.8 Å². The van der Waals surface area contributed by atoms with E-state index in [9.17, 15) is 0 Å². The molecule has 4 nitrogen and oxygen atoms in total. The number of hydrogen-bond acceptors (Lipinski definition) is 4. The Balaban J connectivity index is 1.62. The quantitative estimate of drug-likeness (QED) is 0.678. The average Bonchev–Trinajstić information content (AvgIpc) is 3.28. The molecule has 2 aromatic rings. The van der Waals surface area contributed by atoms with Gasteiger partial charge in [-0.25, -0.2) is 5.01 Å². The van der Waals surface area contributed by atoms with Crippen molar-refractivity contribution in [2.75, 3.05) is 0 Å². The lowest BCUT2D eigenvalue weighted by Crippen LogP contribution is -2.51. The molecule has 1 aromatic heterocycles. The van der Waals surface area contributed by atoms with Crippen molar-refractivity contribution in [3.05, 3.63) is 51.9 Å². The van der Waals surface area contributed by atoms with Crippen molar-refractivity contribution in [3.8, 4) is 5.75 Å². The summed E-state index contributed by atoms with van der Waals surface area (Å²) in [6.45, 7) is 1.97. The van der Waals surface area contributed by atoms with Crippen LogP contribution in [0.4, 0.5) is 0 Å². The highest BCUT2D eigenvalue weighted by Crippen LogP contribution is 2.52. The molecule has 1 saturated carbocycles. The molecule has 1 fully saturated rings. The molecule has 0 radical (unpaired) electrons. The van der Waals surface area contributed by atoms with Crippen LogP contribution >= 0.6 is 15.9 Å². The number of nitrogens with zero attached hydrogens (tertiary/aromatic N) is 2. The van der Waals surface area contributed by atoms with Gasteiger partial charge >= 0.3 is 0 Å². The first-order chi connectivity index (χ1) is 11.6. The molecule has 1 spiro atoms. The molecule has 5 rings (SSSR count). The van der Waals surface area contributed by atoms with Crippen LogP contribution in [0.2, 0.25) is 0 Å². The minimum Gasteiger partial charge on any atom is -0.466 e. The van der Waals surface area contributed by atoms with Crippen molar-refractivity contribution in [1.29, 1.82) is 0 Å². The largest absolute Gasteiger partial charge is 0.466 e. The molecule has 2 aliphatic heterocycles. The molecular formula is C19H19BrN2O2. The monoisotopic (exact) mass is 386 g/mol. The topological polar surface area (TPSA) is 38.0 Å². The van der Waals surface area contributed by atoms with Gasteiger partial charge in [0.2, 0.25) is 0 Å². The van der Waals surface area contributed by atoms with Gasteiger partial charge in [0, 0.05) is 29.3 Å². The fourth-order valence-electron chi connectivity index (χ4n) is 4.25. The van der Waals surface area contributed by atoms with Gasteiger partial charge in [-0.2, -0.15) is 5.10 Å². The van der Waals surface area contributed by atoms with E-state index in [0.717, 1.165) is 46.7 Å². The van der Waals surface area contributed by atoms with E-state index in [1.54, 1.807) is 0 Å². The summed E-state index contributed by atoms with van der Waals surface area (Å²) >= 11 is 3.60. The maximum atomic E-state index is 6.51. The normalized spacial score (nSPS) is 23.8. The van der Waals surface area contributed by atoms with Gasteiger partial charge in [0.15, 0.2) is 5.72 Å². The van der Waals surface area contributed by atoms with Gasteiger partial charge in [-0.05, 0) is 50.1 Å². The zero-order valence-corrected chi connectivity index (χ0v) is 15.2. The highest BCUT2D eigenvalue weighted by molar-refractivity contribution is 9.10. The van der Waals surface area contributed by atoms with E-state index >= 15 is 0 Å². The number of halogens is 1. The number of aryl methyl sites for hydroxylation is 1. The molecule has 0 N–H and O–H groups in total. The molecule has 3 heterocycles. The van der Waals surface area contributed by atoms with Gasteiger partial charge in [0.05, 0.1) is 6.04 Å². The van der Waals surface area contributed by atoms with Crippen molar-refractivity contribution in [2.45, 2.75) is 50.8 Å². The first kappa shape index (κ1) is 14.6. The van der Waals surface area contributed by atoms with E-state index in [2.05, 4.69) is 39.1 Å². The molecule has 124 valence electrons. The summed E-state index contributed by atoms with van der Waals surface area (Å²) in [6, 6.07) is 10.6. The highest BCUT2D eigenvalue weighted by Gasteiger charge is 2.52. The number of rotatable bonds is 1. The van der Waals surface area contributed by atoms with Crippen LogP contribution in [0.25, 0.3) is 0 Å². The molecule has 1 aromatic carbocycles. The summed E-state index contributed by atoms with van der Waals surface area (Å²) in [6.07, 6.45) is 5.32. The lowest BCUT2D eigenvalue weighted by molar-refractivity contribution is -0.114. The molecule has 24 heavy (non-hydrogen) atoms. The van der Waals surface area contributed by atoms with Crippen LogP contribution in [0.3, 0.4) is 0 Å². The maximum absolute atomic E-state index is 6.51. The molecule has 5 heteroatoms. The van der Waals surface area contributed by atoms with E-state index in [0.29, 0.717) is 0 Å². The Bertz CT molecular complexity index is 836. The number of ether oxygens (including phenoxy) is 1. The van der Waals surface area contributed by atoms with Crippen molar-refractivity contribution < 1.29 is 9.15 Å². The molecule has 1 aliphatic carbocycles. The second-order valence-electron chi connectivity index (χ2n) is 6.96. The van der Waals surface area contributed by atoms with Crippen molar-refractivity contribution in [2.24, 2.45) is 5.10 Å². The third-order valence-electron chi connectivity index (χ3n) is 5.37. The third kappa shape index (κ3) is 2.07. The van der Waals surface area contributed by atoms with Gasteiger partial charge in [-0.3, -0.25) is 0 Å². The number of furan rings is 1. The molecule has 0 bridgehead atoms. The van der Waals surface area contributed by atoms with E-state index in [4.69, 9.17) is 14.3 Å². The Hall–Kier alpha value is -1.75. The number of fused-ring (bicyclic) bond motifs is 4. The summed E-state index contributed by atoms with van der Waals surface area (Å²) in [5, 5.41) is 7.20. The number of benzene rings is 1. The molecule has 3 aliphatic rings. The van der Waals surface area contributed by atoms with Gasteiger partial charge in [0.25, 0.3) is 0 Å². The smallest absolute Gasteiger partial charge is 0.198 e. The Labute approximate surface area is 149 Å². The van der Waals surface area contributed by atoms with Crippen molar-refractivity contribution in [3.63, 3.8) is 0 Å².